The fourth-order valence-corrected chi connectivity index (χ4v) is 1.47. The van der Waals surface area contributed by atoms with E-state index in [9.17, 15) is 14.4 Å². The van der Waals surface area contributed by atoms with Crippen molar-refractivity contribution in [3.05, 3.63) is 0 Å². The first-order valence-corrected chi connectivity index (χ1v) is 6.85. The number of urea groups is 1. The molecule has 0 aliphatic rings. The molecule has 0 bridgehead atoms. The Kier molecular flexibility index (Phi) is 8.35. The molecule has 0 saturated heterocycles. The fourth-order valence-electron chi connectivity index (χ4n) is 1.47. The normalized spacial score (nSPS) is 13.4. The van der Waals surface area contributed by atoms with Crippen molar-refractivity contribution in [3.63, 3.8) is 0 Å². The Labute approximate surface area is 119 Å². The van der Waals surface area contributed by atoms with E-state index < -0.39 is 24.1 Å². The summed E-state index contributed by atoms with van der Waals surface area (Å²) in [5, 5.41) is 16.4. The quantitative estimate of drug-likeness (QED) is 0.527. The highest BCUT2D eigenvalue weighted by Crippen LogP contribution is 1.97. The maximum absolute atomic E-state index is 11.7. The van der Waals surface area contributed by atoms with Crippen LogP contribution in [0.4, 0.5) is 4.79 Å². The van der Waals surface area contributed by atoms with E-state index in [0.29, 0.717) is 25.3 Å². The van der Waals surface area contributed by atoms with Crippen LogP contribution in [0.5, 0.6) is 0 Å². The largest absolute Gasteiger partial charge is 0.480 e. The van der Waals surface area contributed by atoms with E-state index >= 15 is 0 Å². The van der Waals surface area contributed by atoms with Crippen LogP contribution in [0.3, 0.4) is 0 Å². The highest BCUT2D eigenvalue weighted by molar-refractivity contribution is 5.88. The predicted molar refractivity (Wildman–Crippen MR) is 75.3 cm³/mol. The molecule has 0 saturated carbocycles. The SMILES string of the molecule is CCC[C@H](NC(=O)NC(C)C(=O)NCC(C)C)C(=O)O. The zero-order chi connectivity index (χ0) is 15.7. The number of carboxylic acids is 1. The number of nitrogens with one attached hydrogen (secondary N) is 3. The highest BCUT2D eigenvalue weighted by Gasteiger charge is 2.21. The summed E-state index contributed by atoms with van der Waals surface area (Å²) in [6.45, 7) is 7.84. The van der Waals surface area contributed by atoms with Gasteiger partial charge in [-0.25, -0.2) is 9.59 Å². The fraction of sp³-hybridized carbons (Fsp3) is 0.769. The molecule has 0 aliphatic carbocycles. The maximum atomic E-state index is 11.7. The summed E-state index contributed by atoms with van der Waals surface area (Å²) >= 11 is 0. The molecule has 7 heteroatoms. The van der Waals surface area contributed by atoms with Gasteiger partial charge in [-0.15, -0.1) is 0 Å². The summed E-state index contributed by atoms with van der Waals surface area (Å²) in [6, 6.07) is -2.31. The van der Waals surface area contributed by atoms with Crippen LogP contribution in [0, 0.1) is 5.92 Å². The number of carboxylic acid groups (broad SMARTS) is 1. The number of carbonyl (C=O) groups is 3. The van der Waals surface area contributed by atoms with Gasteiger partial charge in [-0.3, -0.25) is 4.79 Å². The van der Waals surface area contributed by atoms with Crippen LogP contribution in [0.2, 0.25) is 0 Å². The van der Waals surface area contributed by atoms with Gasteiger partial charge in [0.2, 0.25) is 5.91 Å². The monoisotopic (exact) mass is 287 g/mol. The van der Waals surface area contributed by atoms with Crippen molar-refractivity contribution in [2.24, 2.45) is 5.92 Å². The minimum atomic E-state index is -1.08. The van der Waals surface area contributed by atoms with Gasteiger partial charge in [0.25, 0.3) is 0 Å². The van der Waals surface area contributed by atoms with Crippen LogP contribution in [-0.2, 0) is 9.59 Å². The standard InChI is InChI=1S/C13H25N3O4/c1-5-6-10(12(18)19)16-13(20)15-9(4)11(17)14-7-8(2)3/h8-10H,5-7H2,1-4H3,(H,14,17)(H,18,19)(H2,15,16,20)/t9?,10-/m0/s1. The molecule has 0 aromatic rings. The second-order valence-electron chi connectivity index (χ2n) is 5.16. The first kappa shape index (κ1) is 18.2. The van der Waals surface area contributed by atoms with Gasteiger partial charge in [0, 0.05) is 6.54 Å². The van der Waals surface area contributed by atoms with Gasteiger partial charge in [-0.05, 0) is 19.3 Å². The summed E-state index contributed by atoms with van der Waals surface area (Å²) in [5.74, 6) is -1.06. The number of aliphatic carboxylic acids is 1. The smallest absolute Gasteiger partial charge is 0.326 e. The Balaban J connectivity index is 4.23. The van der Waals surface area contributed by atoms with Crippen molar-refractivity contribution < 1.29 is 19.5 Å². The van der Waals surface area contributed by atoms with E-state index in [2.05, 4.69) is 16.0 Å². The maximum Gasteiger partial charge on any atom is 0.326 e. The molecule has 0 heterocycles. The van der Waals surface area contributed by atoms with Crippen molar-refractivity contribution >= 4 is 17.9 Å². The Bertz CT molecular complexity index is 345. The number of amides is 3. The number of hydrogen-bond acceptors (Lipinski definition) is 3. The van der Waals surface area contributed by atoms with Gasteiger partial charge in [0.1, 0.15) is 12.1 Å². The Morgan fingerprint density at radius 1 is 1.10 bits per heavy atom. The summed E-state index contributed by atoms with van der Waals surface area (Å²) in [7, 11) is 0. The summed E-state index contributed by atoms with van der Waals surface area (Å²) in [4.78, 5) is 34.2. The highest BCUT2D eigenvalue weighted by atomic mass is 16.4. The molecule has 0 aromatic carbocycles. The molecule has 20 heavy (non-hydrogen) atoms. The first-order valence-electron chi connectivity index (χ1n) is 6.85. The van der Waals surface area contributed by atoms with E-state index in [-0.39, 0.29) is 5.91 Å². The van der Waals surface area contributed by atoms with Crippen LogP contribution < -0.4 is 16.0 Å². The number of hydrogen-bond donors (Lipinski definition) is 4. The topological polar surface area (TPSA) is 108 Å². The minimum Gasteiger partial charge on any atom is -0.480 e. The third-order valence-electron chi connectivity index (χ3n) is 2.61. The molecule has 3 amide bonds. The molecule has 0 aromatic heterocycles. The molecule has 1 unspecified atom stereocenters. The van der Waals surface area contributed by atoms with Crippen LogP contribution in [0.25, 0.3) is 0 Å². The van der Waals surface area contributed by atoms with Gasteiger partial charge >= 0.3 is 12.0 Å². The molecule has 0 radical (unpaired) electrons. The zero-order valence-corrected chi connectivity index (χ0v) is 12.5. The predicted octanol–water partition coefficient (Wildman–Crippen LogP) is 0.700. The molecule has 7 nitrogen and oxygen atoms in total. The first-order chi connectivity index (χ1) is 9.27. The molecule has 4 N–H and O–H groups in total. The molecule has 0 spiro atoms. The van der Waals surface area contributed by atoms with E-state index in [4.69, 9.17) is 5.11 Å². The molecule has 0 fully saturated rings. The average molecular weight is 287 g/mol. The molecule has 0 rings (SSSR count). The lowest BCUT2D eigenvalue weighted by Crippen LogP contribution is -2.52. The van der Waals surface area contributed by atoms with Crippen molar-refractivity contribution in [1.29, 1.82) is 0 Å². The number of carbonyl (C=O) groups excluding carboxylic acids is 2. The minimum absolute atomic E-state index is 0.295. The van der Waals surface area contributed by atoms with Gasteiger partial charge in [-0.1, -0.05) is 27.2 Å². The van der Waals surface area contributed by atoms with Gasteiger partial charge in [0.05, 0.1) is 0 Å². The number of rotatable bonds is 8. The summed E-state index contributed by atoms with van der Waals surface area (Å²) in [6.07, 6.45) is 0.984. The van der Waals surface area contributed by atoms with E-state index in [0.717, 1.165) is 0 Å². The second kappa shape index (κ2) is 9.17. The van der Waals surface area contributed by atoms with Crippen molar-refractivity contribution in [3.8, 4) is 0 Å². The molecule has 116 valence electrons. The Morgan fingerprint density at radius 3 is 2.15 bits per heavy atom. The lowest BCUT2D eigenvalue weighted by Gasteiger charge is -2.18. The van der Waals surface area contributed by atoms with Gasteiger partial charge < -0.3 is 21.1 Å². The zero-order valence-electron chi connectivity index (χ0n) is 12.5. The third kappa shape index (κ3) is 7.60. The molecule has 0 aliphatic heterocycles. The third-order valence-corrected chi connectivity index (χ3v) is 2.61. The van der Waals surface area contributed by atoms with Gasteiger partial charge in [-0.2, -0.15) is 0 Å². The lowest BCUT2D eigenvalue weighted by molar-refractivity contribution is -0.139. The summed E-state index contributed by atoms with van der Waals surface area (Å²) < 4.78 is 0. The van der Waals surface area contributed by atoms with Crippen LogP contribution in [-0.4, -0.2) is 41.6 Å². The summed E-state index contributed by atoms with van der Waals surface area (Å²) in [5.41, 5.74) is 0. The van der Waals surface area contributed by atoms with Crippen LogP contribution in [0.1, 0.15) is 40.5 Å². The van der Waals surface area contributed by atoms with Crippen molar-refractivity contribution in [2.45, 2.75) is 52.6 Å². The van der Waals surface area contributed by atoms with Crippen molar-refractivity contribution in [2.75, 3.05) is 6.54 Å². The lowest BCUT2D eigenvalue weighted by atomic mass is 10.2. The van der Waals surface area contributed by atoms with Crippen molar-refractivity contribution in [1.82, 2.24) is 16.0 Å². The Morgan fingerprint density at radius 2 is 1.70 bits per heavy atom. The van der Waals surface area contributed by atoms with E-state index in [1.807, 2.05) is 20.8 Å². The molecular formula is C13H25N3O4. The van der Waals surface area contributed by atoms with E-state index in [1.54, 1.807) is 6.92 Å². The molecular weight excluding hydrogens is 262 g/mol. The van der Waals surface area contributed by atoms with Gasteiger partial charge in [0.15, 0.2) is 0 Å². The Hall–Kier alpha value is -1.79. The second-order valence-corrected chi connectivity index (χ2v) is 5.16. The van der Waals surface area contributed by atoms with Crippen LogP contribution in [0.15, 0.2) is 0 Å². The molecule has 2 atom stereocenters. The van der Waals surface area contributed by atoms with E-state index in [1.165, 1.54) is 0 Å². The average Bonchev–Trinajstić information content (AvgIpc) is 2.34. The van der Waals surface area contributed by atoms with Crippen LogP contribution >= 0.6 is 0 Å².